The molecule has 4 aromatic rings. The van der Waals surface area contributed by atoms with E-state index in [0.717, 1.165) is 25.7 Å². The molecule has 0 heterocycles. The fourth-order valence-electron chi connectivity index (χ4n) is 7.86. The van der Waals surface area contributed by atoms with Gasteiger partial charge in [0.05, 0.1) is 0 Å². The number of hydrogen-bond donors (Lipinski definition) is 0. The Morgan fingerprint density at radius 2 is 1.06 bits per heavy atom. The molecule has 0 aromatic heterocycles. The summed E-state index contributed by atoms with van der Waals surface area (Å²) in [6.45, 7) is 8.67. The Morgan fingerprint density at radius 1 is 0.660 bits per heavy atom. The summed E-state index contributed by atoms with van der Waals surface area (Å²) in [6.07, 6.45) is 8.61. The second kappa shape index (κ2) is 17.0. The largest absolute Gasteiger partial charge is 2.00 e. The second-order valence-corrected chi connectivity index (χ2v) is 15.5. The maximum absolute atomic E-state index is 14.0. The van der Waals surface area contributed by atoms with Crippen molar-refractivity contribution in [3.8, 4) is 11.1 Å². The van der Waals surface area contributed by atoms with E-state index in [2.05, 4.69) is 143 Å². The standard InChI is InChI=1S/C12H11Si.C12H10.C10H15FN.C9H13.Ti/c1-3-7-11(8-4-1)13-12-9-5-2-6-10-12;1-3-7-11(8-4-1)12-9-5-2-6-10-12;11-9-2-7-1-8(3-9)5-10(12,4-7)6-9;1-6-5-7(2)9(4)8(6)3;/h1-10,13H;1-10H;7-8,12H,1-6H2;6H,1-4H3;/q;;2*-1;+2. The molecule has 4 heteroatoms. The summed E-state index contributed by atoms with van der Waals surface area (Å²) in [7, 11) is 0.271. The van der Waals surface area contributed by atoms with Crippen molar-refractivity contribution in [2.45, 2.75) is 77.4 Å². The fraction of sp³-hybridized carbons (Fsp3) is 0.349. The molecule has 0 spiro atoms. The van der Waals surface area contributed by atoms with Crippen molar-refractivity contribution in [3.63, 3.8) is 0 Å². The van der Waals surface area contributed by atoms with Crippen LogP contribution in [0.5, 0.6) is 0 Å². The number of hydrogen-bond acceptors (Lipinski definition) is 0. The maximum atomic E-state index is 14.0. The number of alkyl halides is 1. The predicted molar refractivity (Wildman–Crippen MR) is 197 cm³/mol. The third-order valence-electron chi connectivity index (χ3n) is 10.0. The molecule has 1 N–H and O–H groups in total. The van der Waals surface area contributed by atoms with E-state index < -0.39 is 5.67 Å². The zero-order valence-electron chi connectivity index (χ0n) is 28.5. The molecule has 241 valence electrons. The van der Waals surface area contributed by atoms with Gasteiger partial charge in [-0.25, -0.2) is 9.96 Å². The van der Waals surface area contributed by atoms with E-state index in [4.69, 9.17) is 5.73 Å². The van der Waals surface area contributed by atoms with Gasteiger partial charge in [-0.2, -0.15) is 11.1 Å². The third-order valence-corrected chi connectivity index (χ3v) is 11.5. The van der Waals surface area contributed by atoms with Crippen molar-refractivity contribution >= 4 is 19.9 Å². The molecule has 9 rings (SSSR count). The zero-order valence-corrected chi connectivity index (χ0v) is 31.2. The molecular weight excluding hydrogens is 625 g/mol. The van der Waals surface area contributed by atoms with Gasteiger partial charge in [-0.1, -0.05) is 171 Å². The smallest absolute Gasteiger partial charge is 0.672 e. The summed E-state index contributed by atoms with van der Waals surface area (Å²) in [6, 6.07) is 42.1. The van der Waals surface area contributed by atoms with Crippen LogP contribution in [-0.4, -0.2) is 20.7 Å². The van der Waals surface area contributed by atoms with Crippen LogP contribution >= 0.6 is 0 Å². The molecule has 5 aliphatic rings. The van der Waals surface area contributed by atoms with Gasteiger partial charge in [-0.15, -0.1) is 12.5 Å². The van der Waals surface area contributed by atoms with Crippen molar-refractivity contribution in [2.75, 3.05) is 0 Å². The van der Waals surface area contributed by atoms with E-state index >= 15 is 0 Å². The molecule has 3 unspecified atom stereocenters. The van der Waals surface area contributed by atoms with Crippen molar-refractivity contribution in [1.29, 1.82) is 0 Å². The topological polar surface area (TPSA) is 23.8 Å². The molecule has 1 radical (unpaired) electrons. The average Bonchev–Trinajstić information content (AvgIpc) is 3.27. The molecule has 4 bridgehead atoms. The van der Waals surface area contributed by atoms with Crippen molar-refractivity contribution in [2.24, 2.45) is 17.8 Å². The van der Waals surface area contributed by atoms with Gasteiger partial charge in [0.15, 0.2) is 0 Å². The van der Waals surface area contributed by atoms with Gasteiger partial charge in [-0.3, -0.25) is 6.08 Å². The van der Waals surface area contributed by atoms with Crippen LogP contribution in [0.15, 0.2) is 138 Å². The van der Waals surface area contributed by atoms with Crippen molar-refractivity contribution in [1.82, 2.24) is 0 Å². The van der Waals surface area contributed by atoms with Crippen LogP contribution in [0.1, 0.15) is 66.2 Å². The van der Waals surface area contributed by atoms with Crippen LogP contribution in [0.2, 0.25) is 0 Å². The summed E-state index contributed by atoms with van der Waals surface area (Å²) in [4.78, 5) is 0. The van der Waals surface area contributed by atoms with Crippen LogP contribution in [-0.2, 0) is 21.7 Å². The first-order valence-corrected chi connectivity index (χ1v) is 18.0. The van der Waals surface area contributed by atoms with Gasteiger partial charge >= 0.3 is 21.7 Å². The van der Waals surface area contributed by atoms with Gasteiger partial charge in [0.1, 0.15) is 15.2 Å². The van der Waals surface area contributed by atoms with Gasteiger partial charge in [0.2, 0.25) is 0 Å². The average molecular weight is 675 g/mol. The SMILES string of the molecule is CC1=[C-]C(C)C(C)=C1C.[NH-]C12CC3CC(C1)CC(F)(C3)C2.[Ti+2].c1ccc(-c2ccccc2)cc1.c1ccc([SiH]c2ccccc2)cc1. The van der Waals surface area contributed by atoms with Crippen LogP contribution in [0.4, 0.5) is 4.39 Å². The van der Waals surface area contributed by atoms with Gasteiger partial charge in [0, 0.05) is 0 Å². The molecule has 47 heavy (non-hydrogen) atoms. The van der Waals surface area contributed by atoms with Crippen LogP contribution in [0.3, 0.4) is 0 Å². The van der Waals surface area contributed by atoms with Gasteiger partial charge in [-0.05, 0) is 48.6 Å². The van der Waals surface area contributed by atoms with Crippen LogP contribution < -0.4 is 10.4 Å². The first kappa shape index (κ1) is 37.0. The first-order chi connectivity index (χ1) is 22.1. The molecule has 0 saturated heterocycles. The Bertz CT molecular complexity index is 1480. The number of halogens is 1. The number of allylic oxidation sites excluding steroid dienone is 4. The Morgan fingerprint density at radius 3 is 1.36 bits per heavy atom. The Labute approximate surface area is 300 Å². The zero-order chi connectivity index (χ0) is 32.6. The number of rotatable bonds is 3. The molecule has 4 aromatic carbocycles. The third kappa shape index (κ3) is 10.6. The summed E-state index contributed by atoms with van der Waals surface area (Å²) < 4.78 is 14.0. The number of benzene rings is 4. The monoisotopic (exact) mass is 674 g/mol. The summed E-state index contributed by atoms with van der Waals surface area (Å²) in [5.41, 5.74) is 13.6. The van der Waals surface area contributed by atoms with Crippen LogP contribution in [0.25, 0.3) is 16.9 Å². The van der Waals surface area contributed by atoms with E-state index in [1.54, 1.807) is 0 Å². The molecule has 0 amide bonds. The van der Waals surface area contributed by atoms with E-state index in [1.807, 2.05) is 12.1 Å². The predicted octanol–water partition coefficient (Wildman–Crippen LogP) is 10.2. The van der Waals surface area contributed by atoms with E-state index in [1.165, 1.54) is 44.6 Å². The Balaban J connectivity index is 0.000000142. The van der Waals surface area contributed by atoms with Crippen LogP contribution in [0, 0.1) is 23.8 Å². The number of nitrogens with one attached hydrogen (secondary N) is 1. The molecule has 3 atom stereocenters. The van der Waals surface area contributed by atoms with Gasteiger partial charge in [0.25, 0.3) is 0 Å². The molecule has 4 saturated carbocycles. The Hall–Kier alpha value is -2.82. The molecule has 4 fully saturated rings. The van der Waals surface area contributed by atoms with E-state index in [9.17, 15) is 4.39 Å². The first-order valence-electron chi connectivity index (χ1n) is 16.9. The fourth-order valence-corrected chi connectivity index (χ4v) is 9.08. The van der Waals surface area contributed by atoms with Crippen molar-refractivity contribution in [3.05, 3.63) is 150 Å². The Kier molecular flexibility index (Phi) is 13.4. The van der Waals surface area contributed by atoms with E-state index in [0.29, 0.717) is 24.2 Å². The van der Waals surface area contributed by atoms with Gasteiger partial charge < -0.3 is 5.73 Å². The minimum Gasteiger partial charge on any atom is -0.672 e. The quantitative estimate of drug-likeness (QED) is 0.153. The summed E-state index contributed by atoms with van der Waals surface area (Å²) in [5, 5.41) is 2.90. The molecular formula is C43H49FNSiTi. The normalized spacial score (nSPS) is 26.3. The van der Waals surface area contributed by atoms with Crippen molar-refractivity contribution < 1.29 is 26.1 Å². The minimum atomic E-state index is -0.925. The minimum absolute atomic E-state index is 0. The summed E-state index contributed by atoms with van der Waals surface area (Å²) >= 11 is 0. The second-order valence-electron chi connectivity index (χ2n) is 13.9. The summed E-state index contributed by atoms with van der Waals surface area (Å²) in [5.74, 6) is 1.66. The van der Waals surface area contributed by atoms with E-state index in [-0.39, 0.29) is 36.8 Å². The molecule has 0 aliphatic heterocycles. The molecule has 5 aliphatic carbocycles. The molecule has 1 nitrogen and oxygen atoms in total. The maximum Gasteiger partial charge on any atom is 2.00 e.